The van der Waals surface area contributed by atoms with Crippen molar-refractivity contribution in [3.63, 3.8) is 0 Å². The van der Waals surface area contributed by atoms with Crippen LogP contribution in [-0.4, -0.2) is 31.5 Å². The van der Waals surface area contributed by atoms with Gasteiger partial charge in [-0.3, -0.25) is 10.3 Å². The lowest BCUT2D eigenvalue weighted by Crippen LogP contribution is -2.22. The predicted octanol–water partition coefficient (Wildman–Crippen LogP) is 5.84. The first kappa shape index (κ1) is 19.3. The summed E-state index contributed by atoms with van der Waals surface area (Å²) in [5, 5.41) is 3.00. The maximum Gasteiger partial charge on any atom is 0.411 e. The van der Waals surface area contributed by atoms with Gasteiger partial charge in [0.15, 0.2) is 0 Å². The second-order valence-electron chi connectivity index (χ2n) is 8.42. The largest absolute Gasteiger partial charge is 0.449 e. The van der Waals surface area contributed by atoms with E-state index >= 15 is 0 Å². The van der Waals surface area contributed by atoms with Gasteiger partial charge in [-0.15, -0.1) is 0 Å². The number of benzene rings is 1. The van der Waals surface area contributed by atoms with E-state index in [1.165, 1.54) is 56.2 Å². The second kappa shape index (κ2) is 8.97. The number of carbonyl (C=O) groups is 1. The number of fused-ring (bicyclic) bond motifs is 1. The van der Waals surface area contributed by atoms with Crippen LogP contribution in [0.3, 0.4) is 0 Å². The second-order valence-corrected chi connectivity index (χ2v) is 8.42. The molecule has 0 unspecified atom stereocenters. The fraction of sp³-hybridized carbons (Fsp3) is 0.652. The SMILES string of the molecule is CCCCOC(=O)Nc1cc2c(cc1N1CCCC1)CC(C1CCCCC1)=N2. The molecule has 1 aromatic carbocycles. The van der Waals surface area contributed by atoms with Crippen LogP contribution >= 0.6 is 0 Å². The lowest BCUT2D eigenvalue weighted by molar-refractivity contribution is 0.160. The topological polar surface area (TPSA) is 53.9 Å². The van der Waals surface area contributed by atoms with E-state index in [4.69, 9.17) is 9.73 Å². The Bertz CT molecular complexity index is 732. The summed E-state index contributed by atoms with van der Waals surface area (Å²) in [6.07, 6.45) is 11.5. The molecule has 5 nitrogen and oxygen atoms in total. The lowest BCUT2D eigenvalue weighted by atomic mass is 9.84. The van der Waals surface area contributed by atoms with Crippen molar-refractivity contribution in [1.29, 1.82) is 0 Å². The summed E-state index contributed by atoms with van der Waals surface area (Å²) in [5.74, 6) is 0.645. The van der Waals surface area contributed by atoms with Crippen molar-refractivity contribution in [2.45, 2.75) is 71.1 Å². The molecule has 5 heteroatoms. The average molecular weight is 384 g/mol. The Hall–Kier alpha value is -2.04. The van der Waals surface area contributed by atoms with Gasteiger partial charge in [0.2, 0.25) is 0 Å². The van der Waals surface area contributed by atoms with Crippen LogP contribution in [0.4, 0.5) is 21.9 Å². The number of rotatable bonds is 6. The molecule has 1 aliphatic carbocycles. The van der Waals surface area contributed by atoms with Crippen LogP contribution in [0.5, 0.6) is 0 Å². The number of carbonyl (C=O) groups excluding carboxylic acids is 1. The van der Waals surface area contributed by atoms with Crippen molar-refractivity contribution in [1.82, 2.24) is 0 Å². The summed E-state index contributed by atoms with van der Waals surface area (Å²) in [5.41, 5.74) is 5.67. The van der Waals surface area contributed by atoms with Crippen LogP contribution in [0.25, 0.3) is 0 Å². The van der Waals surface area contributed by atoms with Crippen LogP contribution in [0, 0.1) is 5.92 Å². The zero-order valence-electron chi connectivity index (χ0n) is 17.1. The fourth-order valence-corrected chi connectivity index (χ4v) is 4.70. The van der Waals surface area contributed by atoms with Gasteiger partial charge < -0.3 is 9.64 Å². The van der Waals surface area contributed by atoms with Crippen LogP contribution in [0.1, 0.15) is 70.3 Å². The van der Waals surface area contributed by atoms with Crippen molar-refractivity contribution in [2.75, 3.05) is 29.9 Å². The first-order valence-electron chi connectivity index (χ1n) is 11.2. The number of hydrogen-bond donors (Lipinski definition) is 1. The predicted molar refractivity (Wildman–Crippen MR) is 115 cm³/mol. The molecule has 0 atom stereocenters. The highest BCUT2D eigenvalue weighted by Crippen LogP contribution is 2.41. The normalized spacial score (nSPS) is 19.5. The number of nitrogens with one attached hydrogen (secondary N) is 1. The molecule has 1 saturated heterocycles. The van der Waals surface area contributed by atoms with Crippen LogP contribution in [0.2, 0.25) is 0 Å². The van der Waals surface area contributed by atoms with E-state index in [9.17, 15) is 4.79 Å². The molecule has 2 heterocycles. The zero-order valence-corrected chi connectivity index (χ0v) is 17.1. The molecule has 0 radical (unpaired) electrons. The van der Waals surface area contributed by atoms with Crippen molar-refractivity contribution < 1.29 is 9.53 Å². The number of nitrogens with zero attached hydrogens (tertiary/aromatic N) is 2. The third kappa shape index (κ3) is 4.34. The van der Waals surface area contributed by atoms with Gasteiger partial charge in [0.05, 0.1) is 23.7 Å². The number of hydrogen-bond acceptors (Lipinski definition) is 4. The minimum atomic E-state index is -0.358. The summed E-state index contributed by atoms with van der Waals surface area (Å²) in [4.78, 5) is 19.7. The Kier molecular flexibility index (Phi) is 6.18. The van der Waals surface area contributed by atoms with Gasteiger partial charge in [-0.25, -0.2) is 4.79 Å². The summed E-state index contributed by atoms with van der Waals surface area (Å²) in [7, 11) is 0. The van der Waals surface area contributed by atoms with E-state index in [1.807, 2.05) is 0 Å². The summed E-state index contributed by atoms with van der Waals surface area (Å²) < 4.78 is 5.34. The molecular weight excluding hydrogens is 350 g/mol. The monoisotopic (exact) mass is 383 g/mol. The van der Waals surface area contributed by atoms with Crippen molar-refractivity contribution >= 4 is 28.9 Å². The molecule has 1 amide bonds. The standard InChI is InChI=1S/C23H33N3O2/c1-2-3-13-28-23(27)25-21-16-20-18(15-22(21)26-11-7-8-12-26)14-19(24-20)17-9-5-4-6-10-17/h15-17H,2-14H2,1H3,(H,25,27). The summed E-state index contributed by atoms with van der Waals surface area (Å²) in [6, 6.07) is 4.33. The fourth-order valence-electron chi connectivity index (χ4n) is 4.70. The number of unbranched alkanes of at least 4 members (excludes halogenated alkanes) is 1. The minimum Gasteiger partial charge on any atom is -0.449 e. The molecule has 4 rings (SSSR count). The highest BCUT2D eigenvalue weighted by atomic mass is 16.5. The van der Waals surface area contributed by atoms with Crippen LogP contribution in [0.15, 0.2) is 17.1 Å². The van der Waals surface area contributed by atoms with E-state index < -0.39 is 0 Å². The highest BCUT2D eigenvalue weighted by molar-refractivity contribution is 5.99. The minimum absolute atomic E-state index is 0.358. The molecule has 28 heavy (non-hydrogen) atoms. The average Bonchev–Trinajstić information content (AvgIpc) is 3.38. The molecular formula is C23H33N3O2. The molecule has 1 saturated carbocycles. The van der Waals surface area contributed by atoms with Crippen molar-refractivity contribution in [3.05, 3.63) is 17.7 Å². The highest BCUT2D eigenvalue weighted by Gasteiger charge is 2.27. The van der Waals surface area contributed by atoms with E-state index in [0.717, 1.165) is 49.4 Å². The van der Waals surface area contributed by atoms with Crippen LogP contribution < -0.4 is 10.2 Å². The third-order valence-corrected chi connectivity index (χ3v) is 6.32. The van der Waals surface area contributed by atoms with Gasteiger partial charge in [0.25, 0.3) is 0 Å². The number of anilines is 2. The first-order valence-corrected chi connectivity index (χ1v) is 11.2. The maximum atomic E-state index is 12.3. The van der Waals surface area contributed by atoms with E-state index in [1.54, 1.807) is 0 Å². The number of amides is 1. The molecule has 2 fully saturated rings. The molecule has 0 bridgehead atoms. The van der Waals surface area contributed by atoms with E-state index in [2.05, 4.69) is 29.3 Å². The van der Waals surface area contributed by atoms with Crippen molar-refractivity contribution in [3.8, 4) is 0 Å². The smallest absolute Gasteiger partial charge is 0.411 e. The van der Waals surface area contributed by atoms with Crippen molar-refractivity contribution in [2.24, 2.45) is 10.9 Å². The zero-order chi connectivity index (χ0) is 19.3. The van der Waals surface area contributed by atoms with Gasteiger partial charge in [-0.2, -0.15) is 0 Å². The molecule has 1 aromatic rings. The number of aliphatic imine (C=N–C) groups is 1. The van der Waals surface area contributed by atoms with Gasteiger partial charge in [0.1, 0.15) is 0 Å². The summed E-state index contributed by atoms with van der Waals surface area (Å²) in [6.45, 7) is 4.66. The Morgan fingerprint density at radius 3 is 2.71 bits per heavy atom. The third-order valence-electron chi connectivity index (χ3n) is 6.32. The van der Waals surface area contributed by atoms with Gasteiger partial charge in [0, 0.05) is 25.2 Å². The molecule has 0 aromatic heterocycles. The van der Waals surface area contributed by atoms with Gasteiger partial charge >= 0.3 is 6.09 Å². The van der Waals surface area contributed by atoms with Crippen LogP contribution in [-0.2, 0) is 11.2 Å². The first-order chi connectivity index (χ1) is 13.7. The molecule has 2 aliphatic heterocycles. The lowest BCUT2D eigenvalue weighted by Gasteiger charge is -2.23. The Morgan fingerprint density at radius 1 is 1.18 bits per heavy atom. The quantitative estimate of drug-likeness (QED) is 0.627. The van der Waals surface area contributed by atoms with E-state index in [-0.39, 0.29) is 6.09 Å². The Labute approximate surface area is 168 Å². The Balaban J connectivity index is 1.55. The maximum absolute atomic E-state index is 12.3. The molecule has 0 spiro atoms. The Morgan fingerprint density at radius 2 is 1.96 bits per heavy atom. The van der Waals surface area contributed by atoms with Gasteiger partial charge in [-0.1, -0.05) is 32.6 Å². The molecule has 152 valence electrons. The summed E-state index contributed by atoms with van der Waals surface area (Å²) >= 11 is 0. The van der Waals surface area contributed by atoms with E-state index in [0.29, 0.717) is 12.5 Å². The number of ether oxygens (including phenoxy) is 1. The van der Waals surface area contributed by atoms with Gasteiger partial charge in [-0.05, 0) is 55.7 Å². The molecule has 3 aliphatic rings. The molecule has 1 N–H and O–H groups in total.